The SMILES string of the molecule is [Cl-].[Cl-].[Zr+2].[Zr+2].[c-]1c(-c2cccc3ccccc23)ccc2c1Cc1ccccc1-2.[c-]1c(-c2cccc3ccccc23)ccc2c1Cc1ccccc1-2. The Morgan fingerprint density at radius 2 is 0.680 bits per heavy atom. The first-order valence-corrected chi connectivity index (χ1v) is 16.0. The average Bonchev–Trinajstić information content (AvgIpc) is 3.69. The van der Waals surface area contributed by atoms with Crippen LogP contribution in [0.4, 0.5) is 0 Å². The van der Waals surface area contributed by atoms with Gasteiger partial charge in [-0.25, -0.2) is 0 Å². The van der Waals surface area contributed by atoms with Gasteiger partial charge in [0.1, 0.15) is 0 Å². The van der Waals surface area contributed by atoms with Gasteiger partial charge in [-0.05, 0) is 34.7 Å². The molecule has 4 heteroatoms. The van der Waals surface area contributed by atoms with Crippen LogP contribution >= 0.6 is 0 Å². The van der Waals surface area contributed by atoms with Crippen LogP contribution in [0.3, 0.4) is 0 Å². The van der Waals surface area contributed by atoms with Crippen LogP contribution in [0.2, 0.25) is 0 Å². The molecular formula is C46H30Cl2Zr2. The first-order chi connectivity index (χ1) is 22.8. The molecule has 0 N–H and O–H groups in total. The maximum atomic E-state index is 3.68. The fourth-order valence-electron chi connectivity index (χ4n) is 7.35. The van der Waals surface area contributed by atoms with Crippen LogP contribution in [-0.2, 0) is 65.2 Å². The third kappa shape index (κ3) is 6.94. The minimum Gasteiger partial charge on any atom is -1.00 e. The number of halogens is 2. The predicted molar refractivity (Wildman–Crippen MR) is 193 cm³/mol. The summed E-state index contributed by atoms with van der Waals surface area (Å²) >= 11 is 0. The van der Waals surface area contributed by atoms with Crippen LogP contribution in [0, 0.1) is 12.1 Å². The molecule has 8 aromatic carbocycles. The number of rotatable bonds is 2. The number of hydrogen-bond donors (Lipinski definition) is 0. The van der Waals surface area contributed by atoms with Crippen LogP contribution in [0.25, 0.3) is 66.1 Å². The van der Waals surface area contributed by atoms with E-state index < -0.39 is 0 Å². The van der Waals surface area contributed by atoms with E-state index in [1.807, 2.05) is 0 Å². The van der Waals surface area contributed by atoms with Gasteiger partial charge in [0, 0.05) is 0 Å². The molecule has 0 radical (unpaired) electrons. The van der Waals surface area contributed by atoms with Crippen molar-refractivity contribution >= 4 is 21.5 Å². The van der Waals surface area contributed by atoms with E-state index in [-0.39, 0.29) is 77.2 Å². The van der Waals surface area contributed by atoms with Crippen LogP contribution in [0.1, 0.15) is 22.3 Å². The minimum atomic E-state index is 0. The van der Waals surface area contributed by atoms with Gasteiger partial charge in [-0.2, -0.15) is 0 Å². The van der Waals surface area contributed by atoms with Crippen molar-refractivity contribution in [3.8, 4) is 44.5 Å². The summed E-state index contributed by atoms with van der Waals surface area (Å²) in [5.41, 5.74) is 15.8. The Morgan fingerprint density at radius 1 is 0.320 bits per heavy atom. The van der Waals surface area contributed by atoms with E-state index in [1.54, 1.807) is 0 Å². The van der Waals surface area contributed by atoms with Gasteiger partial charge < -0.3 is 24.8 Å². The fourth-order valence-corrected chi connectivity index (χ4v) is 7.35. The van der Waals surface area contributed by atoms with Crippen molar-refractivity contribution in [3.05, 3.63) is 192 Å². The third-order valence-corrected chi connectivity index (χ3v) is 9.56. The third-order valence-electron chi connectivity index (χ3n) is 9.56. The van der Waals surface area contributed by atoms with Crippen molar-refractivity contribution in [1.29, 1.82) is 0 Å². The minimum absolute atomic E-state index is 0. The normalized spacial score (nSPS) is 11.2. The molecule has 8 aromatic rings. The van der Waals surface area contributed by atoms with E-state index in [4.69, 9.17) is 0 Å². The molecule has 2 aliphatic carbocycles. The summed E-state index contributed by atoms with van der Waals surface area (Å²) in [6, 6.07) is 63.8. The Morgan fingerprint density at radius 3 is 1.14 bits per heavy atom. The summed E-state index contributed by atoms with van der Waals surface area (Å²) in [6.45, 7) is 0. The van der Waals surface area contributed by atoms with Gasteiger partial charge in [-0.15, -0.1) is 58.7 Å². The zero-order chi connectivity index (χ0) is 30.5. The maximum absolute atomic E-state index is 3.68. The van der Waals surface area contributed by atoms with Crippen molar-refractivity contribution in [2.24, 2.45) is 0 Å². The summed E-state index contributed by atoms with van der Waals surface area (Å²) in [5, 5.41) is 5.15. The molecule has 10 rings (SSSR count). The number of fused-ring (bicyclic) bond motifs is 8. The van der Waals surface area contributed by atoms with Crippen LogP contribution in [0.5, 0.6) is 0 Å². The van der Waals surface area contributed by atoms with Crippen molar-refractivity contribution in [1.82, 2.24) is 0 Å². The standard InChI is InChI=1S/2C23H15.2ClH.2Zr/c2*1-3-9-20-16(6-1)8-5-11-22(20)18-12-13-23-19(15-18)14-17-7-2-4-10-21(17)23;;;;/h2*1-13H,14H2;2*1H;;/q2*-1;;;2*+2/p-2. The molecule has 0 spiro atoms. The van der Waals surface area contributed by atoms with E-state index in [9.17, 15) is 0 Å². The molecule has 2 aliphatic rings. The molecule has 0 aliphatic heterocycles. The molecular weight excluding hydrogens is 806 g/mol. The van der Waals surface area contributed by atoms with Gasteiger partial charge in [-0.1, -0.05) is 178 Å². The van der Waals surface area contributed by atoms with E-state index in [0.29, 0.717) is 0 Å². The smallest absolute Gasteiger partial charge is 1.00 e. The van der Waals surface area contributed by atoms with Crippen LogP contribution < -0.4 is 24.8 Å². The fraction of sp³-hybridized carbons (Fsp3) is 0.0435. The van der Waals surface area contributed by atoms with Gasteiger partial charge in [0.05, 0.1) is 0 Å². The molecule has 0 atom stereocenters. The van der Waals surface area contributed by atoms with E-state index in [2.05, 4.69) is 170 Å². The quantitative estimate of drug-likeness (QED) is 0.195. The summed E-state index contributed by atoms with van der Waals surface area (Å²) in [4.78, 5) is 0. The molecule has 0 saturated heterocycles. The first-order valence-electron chi connectivity index (χ1n) is 16.0. The molecule has 0 amide bonds. The molecule has 50 heavy (non-hydrogen) atoms. The molecule has 0 fully saturated rings. The van der Waals surface area contributed by atoms with E-state index in [0.717, 1.165) is 12.8 Å². The van der Waals surface area contributed by atoms with Crippen LogP contribution in [-0.4, -0.2) is 0 Å². The Balaban J connectivity index is 0.000000180. The van der Waals surface area contributed by atoms with Crippen molar-refractivity contribution in [3.63, 3.8) is 0 Å². The monoisotopic (exact) mass is 832 g/mol. The summed E-state index contributed by atoms with van der Waals surface area (Å²) in [5.74, 6) is 0. The zero-order valence-electron chi connectivity index (χ0n) is 27.2. The molecule has 0 saturated carbocycles. The van der Waals surface area contributed by atoms with Gasteiger partial charge in [-0.3, -0.25) is 0 Å². The molecule has 0 heterocycles. The number of benzene rings is 8. The largest absolute Gasteiger partial charge is 2.00 e. The Labute approximate surface area is 345 Å². The summed E-state index contributed by atoms with van der Waals surface area (Å²) in [6.07, 6.45) is 1.98. The summed E-state index contributed by atoms with van der Waals surface area (Å²) in [7, 11) is 0. The Bertz CT molecular complexity index is 2270. The van der Waals surface area contributed by atoms with Gasteiger partial charge in [0.25, 0.3) is 0 Å². The second kappa shape index (κ2) is 16.3. The van der Waals surface area contributed by atoms with Crippen molar-refractivity contribution in [2.45, 2.75) is 12.8 Å². The molecule has 0 nitrogen and oxygen atoms in total. The topological polar surface area (TPSA) is 0 Å². The zero-order valence-corrected chi connectivity index (χ0v) is 33.6. The Hall–Kier alpha value is -3.37. The number of hydrogen-bond acceptors (Lipinski definition) is 0. The predicted octanol–water partition coefficient (Wildman–Crippen LogP) is 5.76. The van der Waals surface area contributed by atoms with Crippen LogP contribution in [0.15, 0.2) is 158 Å². The molecule has 236 valence electrons. The second-order valence-electron chi connectivity index (χ2n) is 12.2. The van der Waals surface area contributed by atoms with E-state index >= 15 is 0 Å². The maximum Gasteiger partial charge on any atom is 2.00 e. The molecule has 0 unspecified atom stereocenters. The average molecular weight is 836 g/mol. The van der Waals surface area contributed by atoms with Gasteiger partial charge >= 0.3 is 52.4 Å². The molecule has 0 bridgehead atoms. The van der Waals surface area contributed by atoms with Gasteiger partial charge in [0.15, 0.2) is 0 Å². The Kier molecular flexibility index (Phi) is 12.4. The molecule has 0 aromatic heterocycles. The first kappa shape index (κ1) is 37.9. The van der Waals surface area contributed by atoms with Crippen molar-refractivity contribution in [2.75, 3.05) is 0 Å². The summed E-state index contributed by atoms with van der Waals surface area (Å²) < 4.78 is 0. The second-order valence-corrected chi connectivity index (χ2v) is 12.2. The van der Waals surface area contributed by atoms with Crippen molar-refractivity contribution < 1.29 is 77.2 Å². The van der Waals surface area contributed by atoms with Gasteiger partial charge in [0.2, 0.25) is 0 Å². The van der Waals surface area contributed by atoms with E-state index in [1.165, 1.54) is 88.3 Å².